The van der Waals surface area contributed by atoms with Gasteiger partial charge in [-0.3, -0.25) is 23.5 Å². The van der Waals surface area contributed by atoms with Gasteiger partial charge in [-0.05, 0) is 36.4 Å². The van der Waals surface area contributed by atoms with Crippen molar-refractivity contribution in [2.45, 2.75) is 6.23 Å². The second-order valence-corrected chi connectivity index (χ2v) is 7.37. The fourth-order valence-electron chi connectivity index (χ4n) is 4.00. The first-order valence-corrected chi connectivity index (χ1v) is 10.1. The average Bonchev–Trinajstić information content (AvgIpc) is 3.38. The summed E-state index contributed by atoms with van der Waals surface area (Å²) < 4.78 is 28.5. The van der Waals surface area contributed by atoms with E-state index >= 15 is 0 Å². The molecule has 0 saturated carbocycles. The van der Waals surface area contributed by atoms with E-state index in [1.54, 1.807) is 41.1 Å². The number of benzene rings is 2. The molecule has 5 rings (SSSR count). The lowest BCUT2D eigenvalue weighted by Crippen LogP contribution is -2.34. The Morgan fingerprint density at radius 1 is 1.09 bits per heavy atom. The number of nitrogens with zero attached hydrogens (tertiary/aromatic N) is 4. The molecular formula is C23H18FN5O5. The fourth-order valence-corrected chi connectivity index (χ4v) is 4.00. The van der Waals surface area contributed by atoms with Crippen molar-refractivity contribution in [3.63, 3.8) is 0 Å². The van der Waals surface area contributed by atoms with Crippen molar-refractivity contribution in [3.05, 3.63) is 81.4 Å². The molecule has 0 bridgehead atoms. The molecule has 172 valence electrons. The number of halogens is 1. The van der Waals surface area contributed by atoms with E-state index in [9.17, 15) is 18.8 Å². The fraction of sp³-hybridized carbons (Fsp3) is 0.130. The molecule has 0 fully saturated rings. The summed E-state index contributed by atoms with van der Waals surface area (Å²) >= 11 is 0. The number of nitrogens with one attached hydrogen (secondary N) is 1. The molecule has 0 aliphatic rings. The Bertz CT molecular complexity index is 1660. The predicted molar refractivity (Wildman–Crippen MR) is 121 cm³/mol. The van der Waals surface area contributed by atoms with Crippen LogP contribution in [0.3, 0.4) is 0 Å². The molecule has 2 aromatic carbocycles. The van der Waals surface area contributed by atoms with Gasteiger partial charge in [-0.15, -0.1) is 0 Å². The van der Waals surface area contributed by atoms with Crippen LogP contribution in [0.25, 0.3) is 33.9 Å². The zero-order valence-corrected chi connectivity index (χ0v) is 18.1. The van der Waals surface area contributed by atoms with Crippen molar-refractivity contribution in [2.75, 3.05) is 14.2 Å². The maximum absolute atomic E-state index is 13.6. The quantitative estimate of drug-likeness (QED) is 0.387. The number of imidazole rings is 2. The Hall–Kier alpha value is -4.51. The highest BCUT2D eigenvalue weighted by atomic mass is 19.1. The molecule has 0 aliphatic heterocycles. The van der Waals surface area contributed by atoms with Crippen LogP contribution in [-0.4, -0.2) is 44.0 Å². The van der Waals surface area contributed by atoms with E-state index < -0.39 is 23.3 Å². The third kappa shape index (κ3) is 3.13. The van der Waals surface area contributed by atoms with Gasteiger partial charge in [0.2, 0.25) is 5.78 Å². The lowest BCUT2D eigenvalue weighted by molar-refractivity contribution is -0.121. The van der Waals surface area contributed by atoms with E-state index in [-0.39, 0.29) is 16.9 Å². The smallest absolute Gasteiger partial charge is 0.332 e. The molecule has 1 unspecified atom stereocenters. The molecule has 0 spiro atoms. The first-order valence-electron chi connectivity index (χ1n) is 10.1. The monoisotopic (exact) mass is 463 g/mol. The summed E-state index contributed by atoms with van der Waals surface area (Å²) in [7, 11) is 2.79. The number of H-pyrrole nitrogens is 1. The molecule has 11 heteroatoms. The normalized spacial score (nSPS) is 12.3. The molecule has 34 heavy (non-hydrogen) atoms. The van der Waals surface area contributed by atoms with E-state index in [1.807, 2.05) is 6.07 Å². The first kappa shape index (κ1) is 21.3. The van der Waals surface area contributed by atoms with Crippen LogP contribution in [0.15, 0.2) is 64.3 Å². The zero-order valence-electron chi connectivity index (χ0n) is 18.1. The molecule has 1 atom stereocenters. The van der Waals surface area contributed by atoms with Gasteiger partial charge in [0.15, 0.2) is 23.7 Å². The number of methoxy groups -OCH3 is 2. The Morgan fingerprint density at radius 3 is 2.50 bits per heavy atom. The second-order valence-electron chi connectivity index (χ2n) is 7.37. The number of aromatic nitrogens is 5. The third-order valence-corrected chi connectivity index (χ3v) is 5.53. The first-order chi connectivity index (χ1) is 16.5. The lowest BCUT2D eigenvalue weighted by Gasteiger charge is -2.13. The largest absolute Gasteiger partial charge is 0.495 e. The van der Waals surface area contributed by atoms with Gasteiger partial charge >= 0.3 is 5.69 Å². The summed E-state index contributed by atoms with van der Waals surface area (Å²) in [5.41, 5.74) is 0.321. The third-order valence-electron chi connectivity index (χ3n) is 5.53. The molecule has 5 aromatic rings. The zero-order chi connectivity index (χ0) is 24.0. The van der Waals surface area contributed by atoms with E-state index in [4.69, 9.17) is 9.47 Å². The van der Waals surface area contributed by atoms with Crippen LogP contribution in [0.1, 0.15) is 6.23 Å². The standard InChI is InChI=1S/C23H18FN5O5/c1-33-17-6-4-3-5-15(17)28-16(13-7-9-14(24)10-8-13)11-27-19-20(25-22(27)28)29(18(12-30)34-2)23(32)26-21(19)31/h3-12,18H,1-2H3,(H,26,31,32). The summed E-state index contributed by atoms with van der Waals surface area (Å²) in [6.45, 7) is 0. The van der Waals surface area contributed by atoms with Crippen LogP contribution in [0, 0.1) is 5.82 Å². The van der Waals surface area contributed by atoms with Crippen molar-refractivity contribution < 1.29 is 18.7 Å². The van der Waals surface area contributed by atoms with Gasteiger partial charge in [-0.25, -0.2) is 13.8 Å². The number of carbonyl (C=O) groups excluding carboxylic acids is 1. The van der Waals surface area contributed by atoms with Crippen molar-refractivity contribution in [1.82, 2.24) is 23.5 Å². The minimum Gasteiger partial charge on any atom is -0.495 e. The number of carbonyl (C=O) groups is 1. The number of aromatic amines is 1. The predicted octanol–water partition coefficient (Wildman–Crippen LogP) is 2.29. The molecule has 10 nitrogen and oxygen atoms in total. The Labute approximate surface area is 190 Å². The summed E-state index contributed by atoms with van der Waals surface area (Å²) in [6.07, 6.45) is 0.793. The van der Waals surface area contributed by atoms with Crippen molar-refractivity contribution in [3.8, 4) is 22.7 Å². The van der Waals surface area contributed by atoms with Crippen LogP contribution in [0.4, 0.5) is 4.39 Å². The Balaban J connectivity index is 1.95. The van der Waals surface area contributed by atoms with Gasteiger partial charge in [0.05, 0.1) is 18.5 Å². The average molecular weight is 463 g/mol. The summed E-state index contributed by atoms with van der Waals surface area (Å²) in [4.78, 5) is 43.7. The molecule has 3 heterocycles. The van der Waals surface area contributed by atoms with Crippen LogP contribution in [0.5, 0.6) is 5.75 Å². The van der Waals surface area contributed by atoms with Crippen LogP contribution < -0.4 is 16.0 Å². The number of para-hydroxylation sites is 2. The summed E-state index contributed by atoms with van der Waals surface area (Å²) in [5.74, 6) is 0.392. The van der Waals surface area contributed by atoms with Crippen molar-refractivity contribution >= 4 is 23.2 Å². The van der Waals surface area contributed by atoms with Crippen LogP contribution in [0.2, 0.25) is 0 Å². The maximum atomic E-state index is 13.6. The van der Waals surface area contributed by atoms with Crippen LogP contribution >= 0.6 is 0 Å². The number of hydrogen-bond acceptors (Lipinski definition) is 6. The van der Waals surface area contributed by atoms with Crippen LogP contribution in [-0.2, 0) is 9.53 Å². The summed E-state index contributed by atoms with van der Waals surface area (Å²) in [5, 5.41) is 0. The maximum Gasteiger partial charge on any atom is 0.332 e. The van der Waals surface area contributed by atoms with Gasteiger partial charge in [0, 0.05) is 18.9 Å². The lowest BCUT2D eigenvalue weighted by atomic mass is 10.1. The topological polar surface area (TPSA) is 113 Å². The van der Waals surface area contributed by atoms with E-state index in [1.165, 1.54) is 30.8 Å². The molecule has 0 amide bonds. The van der Waals surface area contributed by atoms with Gasteiger partial charge in [0.25, 0.3) is 5.56 Å². The SMILES string of the molecule is COc1ccccc1-n1c(-c2ccc(F)cc2)cn2c3c(=O)[nH]c(=O)n(C(C=O)OC)c3nc12. The highest BCUT2D eigenvalue weighted by molar-refractivity contribution is 5.80. The highest BCUT2D eigenvalue weighted by Crippen LogP contribution is 2.33. The molecule has 0 aliphatic carbocycles. The van der Waals surface area contributed by atoms with Crippen molar-refractivity contribution in [2.24, 2.45) is 0 Å². The van der Waals surface area contributed by atoms with E-state index in [2.05, 4.69) is 9.97 Å². The Morgan fingerprint density at radius 2 is 1.82 bits per heavy atom. The minimum absolute atomic E-state index is 0.0306. The number of fused-ring (bicyclic) bond motifs is 3. The molecular weight excluding hydrogens is 445 g/mol. The molecule has 0 saturated heterocycles. The van der Waals surface area contributed by atoms with Gasteiger partial charge in [0.1, 0.15) is 11.6 Å². The summed E-state index contributed by atoms with van der Waals surface area (Å²) in [6, 6.07) is 13.0. The number of ether oxygens (including phenoxy) is 2. The number of hydrogen-bond donors (Lipinski definition) is 1. The van der Waals surface area contributed by atoms with E-state index in [0.717, 1.165) is 4.57 Å². The number of rotatable bonds is 6. The number of aldehydes is 1. The molecule has 1 N–H and O–H groups in total. The van der Waals surface area contributed by atoms with Crippen molar-refractivity contribution in [1.29, 1.82) is 0 Å². The molecule has 0 radical (unpaired) electrons. The minimum atomic E-state index is -1.29. The van der Waals surface area contributed by atoms with Gasteiger partial charge < -0.3 is 9.47 Å². The Kier molecular flexibility index (Phi) is 5.10. The molecule has 3 aromatic heterocycles. The van der Waals surface area contributed by atoms with Gasteiger partial charge in [-0.1, -0.05) is 12.1 Å². The van der Waals surface area contributed by atoms with Gasteiger partial charge in [-0.2, -0.15) is 4.98 Å². The highest BCUT2D eigenvalue weighted by Gasteiger charge is 2.25. The second kappa shape index (κ2) is 8.12. The van der Waals surface area contributed by atoms with E-state index in [0.29, 0.717) is 29.0 Å².